The Balaban J connectivity index is 1.32. The number of guanidine groups is 1. The van der Waals surface area contributed by atoms with Gasteiger partial charge in [-0.3, -0.25) is 9.89 Å². The first-order chi connectivity index (χ1) is 14.7. The molecule has 1 aliphatic heterocycles. The minimum absolute atomic E-state index is 0.200. The zero-order chi connectivity index (χ0) is 21.2. The van der Waals surface area contributed by atoms with E-state index in [1.54, 1.807) is 26.3 Å². The second-order valence-corrected chi connectivity index (χ2v) is 7.32. The van der Waals surface area contributed by atoms with Crippen LogP contribution < -0.4 is 20.3 Å². The molecule has 0 spiro atoms. The number of hydrogen-bond acceptors (Lipinski definition) is 4. The maximum Gasteiger partial charge on any atom is 0.191 e. The van der Waals surface area contributed by atoms with Gasteiger partial charge in [-0.25, -0.2) is 4.39 Å². The monoisotopic (exact) mass is 413 g/mol. The Kier molecular flexibility index (Phi) is 8.32. The molecule has 162 valence electrons. The first-order valence-electron chi connectivity index (χ1n) is 10.5. The van der Waals surface area contributed by atoms with Gasteiger partial charge >= 0.3 is 0 Å². The minimum atomic E-state index is -0.200. The molecule has 2 aromatic carbocycles. The molecule has 3 rings (SSSR count). The van der Waals surface area contributed by atoms with Crippen LogP contribution in [0, 0.1) is 5.82 Å². The topological polar surface area (TPSA) is 52.1 Å². The normalized spacial score (nSPS) is 15.2. The molecular formula is C23H32FN5O. The van der Waals surface area contributed by atoms with Crippen molar-refractivity contribution in [1.29, 1.82) is 0 Å². The van der Waals surface area contributed by atoms with E-state index in [9.17, 15) is 4.39 Å². The number of piperazine rings is 1. The molecule has 1 aliphatic rings. The highest BCUT2D eigenvalue weighted by molar-refractivity contribution is 5.79. The Morgan fingerprint density at radius 3 is 2.43 bits per heavy atom. The first kappa shape index (κ1) is 21.9. The van der Waals surface area contributed by atoms with Gasteiger partial charge in [0, 0.05) is 57.6 Å². The Morgan fingerprint density at radius 1 is 1.03 bits per heavy atom. The standard InChI is InChI=1S/C23H32FN5O/c1-25-23(27-18-19-6-3-4-7-22(19)24)26-12-5-13-28-14-16-29(17-15-28)20-8-10-21(30-2)11-9-20/h3-4,6-11H,5,12-18H2,1-2H3,(H2,25,26,27). The summed E-state index contributed by atoms with van der Waals surface area (Å²) in [6, 6.07) is 15.1. The summed E-state index contributed by atoms with van der Waals surface area (Å²) in [6.45, 7) is 6.49. The van der Waals surface area contributed by atoms with E-state index in [0.29, 0.717) is 18.1 Å². The zero-order valence-electron chi connectivity index (χ0n) is 17.9. The molecule has 0 radical (unpaired) electrons. The molecule has 2 N–H and O–H groups in total. The molecule has 0 aromatic heterocycles. The Morgan fingerprint density at radius 2 is 1.77 bits per heavy atom. The van der Waals surface area contributed by atoms with Crippen LogP contribution in [-0.4, -0.2) is 64.3 Å². The van der Waals surface area contributed by atoms with Crippen molar-refractivity contribution < 1.29 is 9.13 Å². The van der Waals surface area contributed by atoms with Gasteiger partial charge in [0.25, 0.3) is 0 Å². The average molecular weight is 414 g/mol. The van der Waals surface area contributed by atoms with Gasteiger partial charge in [0.15, 0.2) is 5.96 Å². The maximum absolute atomic E-state index is 13.7. The smallest absolute Gasteiger partial charge is 0.191 e. The minimum Gasteiger partial charge on any atom is -0.497 e. The second-order valence-electron chi connectivity index (χ2n) is 7.32. The summed E-state index contributed by atoms with van der Waals surface area (Å²) < 4.78 is 18.9. The molecule has 2 aromatic rings. The fourth-order valence-electron chi connectivity index (χ4n) is 3.57. The largest absolute Gasteiger partial charge is 0.497 e. The second kappa shape index (κ2) is 11.4. The number of aliphatic imine (C=N–C) groups is 1. The molecule has 0 unspecified atom stereocenters. The SMILES string of the molecule is CN=C(NCCCN1CCN(c2ccc(OC)cc2)CC1)NCc1ccccc1F. The number of anilines is 1. The number of methoxy groups -OCH3 is 1. The van der Waals surface area contributed by atoms with Gasteiger partial charge in [-0.2, -0.15) is 0 Å². The number of hydrogen-bond donors (Lipinski definition) is 2. The van der Waals surface area contributed by atoms with Crippen molar-refractivity contribution in [1.82, 2.24) is 15.5 Å². The third-order valence-corrected chi connectivity index (χ3v) is 5.38. The molecule has 7 heteroatoms. The highest BCUT2D eigenvalue weighted by atomic mass is 19.1. The Bertz CT molecular complexity index is 803. The van der Waals surface area contributed by atoms with Crippen molar-refractivity contribution in [3.63, 3.8) is 0 Å². The van der Waals surface area contributed by atoms with E-state index in [1.807, 2.05) is 18.2 Å². The summed E-state index contributed by atoms with van der Waals surface area (Å²) in [5.41, 5.74) is 1.89. The van der Waals surface area contributed by atoms with E-state index in [1.165, 1.54) is 11.8 Å². The number of nitrogens with zero attached hydrogens (tertiary/aromatic N) is 3. The average Bonchev–Trinajstić information content (AvgIpc) is 2.80. The van der Waals surface area contributed by atoms with Gasteiger partial charge in [0.2, 0.25) is 0 Å². The maximum atomic E-state index is 13.7. The molecule has 0 aliphatic carbocycles. The van der Waals surface area contributed by atoms with Crippen LogP contribution in [0.25, 0.3) is 0 Å². The third kappa shape index (κ3) is 6.35. The van der Waals surface area contributed by atoms with Crippen molar-refractivity contribution in [2.45, 2.75) is 13.0 Å². The molecule has 6 nitrogen and oxygen atoms in total. The summed E-state index contributed by atoms with van der Waals surface area (Å²) in [5.74, 6) is 1.39. The van der Waals surface area contributed by atoms with Crippen LogP contribution in [-0.2, 0) is 6.54 Å². The van der Waals surface area contributed by atoms with E-state index in [-0.39, 0.29) is 5.82 Å². The molecule has 1 saturated heterocycles. The van der Waals surface area contributed by atoms with Crippen LogP contribution >= 0.6 is 0 Å². The number of halogens is 1. The summed E-state index contributed by atoms with van der Waals surface area (Å²) in [4.78, 5) is 9.13. The molecular weight excluding hydrogens is 381 g/mol. The lowest BCUT2D eigenvalue weighted by atomic mass is 10.2. The van der Waals surface area contributed by atoms with Gasteiger partial charge < -0.3 is 20.3 Å². The lowest BCUT2D eigenvalue weighted by molar-refractivity contribution is 0.255. The van der Waals surface area contributed by atoms with Gasteiger partial charge in [-0.1, -0.05) is 18.2 Å². The molecule has 1 fully saturated rings. The van der Waals surface area contributed by atoms with Gasteiger partial charge in [0.05, 0.1) is 7.11 Å². The van der Waals surface area contributed by atoms with E-state index in [0.717, 1.165) is 51.4 Å². The predicted molar refractivity (Wildman–Crippen MR) is 121 cm³/mol. The van der Waals surface area contributed by atoms with Crippen LogP contribution in [0.3, 0.4) is 0 Å². The molecule has 30 heavy (non-hydrogen) atoms. The Hall–Kier alpha value is -2.80. The molecule has 0 saturated carbocycles. The molecule has 1 heterocycles. The van der Waals surface area contributed by atoms with Gasteiger partial charge in [-0.05, 0) is 43.3 Å². The van der Waals surface area contributed by atoms with E-state index < -0.39 is 0 Å². The number of ether oxygens (including phenoxy) is 1. The Labute approximate surface area is 178 Å². The van der Waals surface area contributed by atoms with Crippen molar-refractivity contribution in [3.8, 4) is 5.75 Å². The fraction of sp³-hybridized carbons (Fsp3) is 0.435. The van der Waals surface area contributed by atoms with Gasteiger partial charge in [-0.15, -0.1) is 0 Å². The summed E-state index contributed by atoms with van der Waals surface area (Å²) in [6.07, 6.45) is 1.03. The number of benzene rings is 2. The van der Waals surface area contributed by atoms with Crippen molar-refractivity contribution in [3.05, 3.63) is 59.9 Å². The lowest BCUT2D eigenvalue weighted by Crippen LogP contribution is -2.47. The van der Waals surface area contributed by atoms with Crippen molar-refractivity contribution in [2.24, 2.45) is 4.99 Å². The molecule has 0 amide bonds. The van der Waals surface area contributed by atoms with E-state index >= 15 is 0 Å². The summed E-state index contributed by atoms with van der Waals surface area (Å²) in [7, 11) is 3.42. The van der Waals surface area contributed by atoms with E-state index in [4.69, 9.17) is 4.74 Å². The van der Waals surface area contributed by atoms with Crippen LogP contribution in [0.5, 0.6) is 5.75 Å². The first-order valence-corrected chi connectivity index (χ1v) is 10.5. The van der Waals surface area contributed by atoms with Gasteiger partial charge in [0.1, 0.15) is 11.6 Å². The molecule has 0 atom stereocenters. The highest BCUT2D eigenvalue weighted by Crippen LogP contribution is 2.20. The van der Waals surface area contributed by atoms with Crippen LogP contribution in [0.2, 0.25) is 0 Å². The molecule has 0 bridgehead atoms. The quantitative estimate of drug-likeness (QED) is 0.396. The summed E-state index contributed by atoms with van der Waals surface area (Å²) >= 11 is 0. The number of rotatable bonds is 8. The summed E-state index contributed by atoms with van der Waals surface area (Å²) in [5, 5.41) is 6.48. The highest BCUT2D eigenvalue weighted by Gasteiger charge is 2.16. The van der Waals surface area contributed by atoms with Crippen molar-refractivity contribution in [2.75, 3.05) is 58.3 Å². The van der Waals surface area contributed by atoms with Crippen LogP contribution in [0.4, 0.5) is 10.1 Å². The van der Waals surface area contributed by atoms with Crippen LogP contribution in [0.1, 0.15) is 12.0 Å². The van der Waals surface area contributed by atoms with E-state index in [2.05, 4.69) is 37.6 Å². The predicted octanol–water partition coefficient (Wildman–Crippen LogP) is 2.71. The number of nitrogens with one attached hydrogen (secondary N) is 2. The van der Waals surface area contributed by atoms with Crippen molar-refractivity contribution >= 4 is 11.6 Å². The zero-order valence-corrected chi connectivity index (χ0v) is 17.9. The fourth-order valence-corrected chi connectivity index (χ4v) is 3.57. The third-order valence-electron chi connectivity index (χ3n) is 5.38. The lowest BCUT2D eigenvalue weighted by Gasteiger charge is -2.36. The van der Waals surface area contributed by atoms with Crippen LogP contribution in [0.15, 0.2) is 53.5 Å².